The van der Waals surface area contributed by atoms with Crippen molar-refractivity contribution in [2.75, 3.05) is 13.1 Å². The molecule has 1 aliphatic heterocycles. The Labute approximate surface area is 120 Å². The first kappa shape index (κ1) is 13.9. The minimum Gasteiger partial charge on any atom is -0.300 e. The molecule has 2 aliphatic carbocycles. The van der Waals surface area contributed by atoms with Crippen LogP contribution in [0, 0.1) is 11.8 Å². The highest BCUT2D eigenvalue weighted by atomic mass is 15.2. The van der Waals surface area contributed by atoms with Crippen molar-refractivity contribution in [3.8, 4) is 0 Å². The summed E-state index contributed by atoms with van der Waals surface area (Å²) < 4.78 is 0. The van der Waals surface area contributed by atoms with E-state index in [0.29, 0.717) is 0 Å². The second kappa shape index (κ2) is 7.11. The Morgan fingerprint density at radius 1 is 0.526 bits per heavy atom. The molecule has 19 heavy (non-hydrogen) atoms. The zero-order valence-corrected chi connectivity index (χ0v) is 12.8. The molecule has 1 heterocycles. The van der Waals surface area contributed by atoms with Crippen LogP contribution in [0.3, 0.4) is 0 Å². The molecule has 1 heteroatoms. The molecule has 0 spiro atoms. The Kier molecular flexibility index (Phi) is 5.21. The van der Waals surface area contributed by atoms with Crippen molar-refractivity contribution in [3.63, 3.8) is 0 Å². The summed E-state index contributed by atoms with van der Waals surface area (Å²) in [4.78, 5) is 2.94. The van der Waals surface area contributed by atoms with Crippen molar-refractivity contribution < 1.29 is 0 Å². The maximum atomic E-state index is 2.94. The van der Waals surface area contributed by atoms with Crippen LogP contribution in [0.4, 0.5) is 0 Å². The zero-order chi connectivity index (χ0) is 12.9. The van der Waals surface area contributed by atoms with E-state index in [1.165, 1.54) is 96.6 Å². The normalized spacial score (nSPS) is 28.9. The summed E-state index contributed by atoms with van der Waals surface area (Å²) in [5.41, 5.74) is 0. The molecule has 0 aromatic rings. The zero-order valence-electron chi connectivity index (χ0n) is 12.8. The SMILES string of the molecule is C1CCC(C(C2CCCCC2)N2CCCCC2)CC1. The van der Waals surface area contributed by atoms with Gasteiger partial charge in [-0.15, -0.1) is 0 Å². The molecule has 1 nitrogen and oxygen atoms in total. The third kappa shape index (κ3) is 3.54. The van der Waals surface area contributed by atoms with Crippen LogP contribution in [-0.4, -0.2) is 24.0 Å². The molecule has 0 radical (unpaired) electrons. The van der Waals surface area contributed by atoms with Crippen LogP contribution in [0.5, 0.6) is 0 Å². The quantitative estimate of drug-likeness (QED) is 0.692. The van der Waals surface area contributed by atoms with Gasteiger partial charge in [0.25, 0.3) is 0 Å². The molecular weight excluding hydrogens is 230 g/mol. The van der Waals surface area contributed by atoms with Gasteiger partial charge in [0.2, 0.25) is 0 Å². The van der Waals surface area contributed by atoms with Crippen molar-refractivity contribution >= 4 is 0 Å². The number of likely N-dealkylation sites (tertiary alicyclic amines) is 1. The van der Waals surface area contributed by atoms with E-state index in [1.807, 2.05) is 0 Å². The highest BCUT2D eigenvalue weighted by molar-refractivity contribution is 4.89. The van der Waals surface area contributed by atoms with Gasteiger partial charge in [-0.3, -0.25) is 4.90 Å². The smallest absolute Gasteiger partial charge is 0.0152 e. The van der Waals surface area contributed by atoms with Crippen LogP contribution < -0.4 is 0 Å². The predicted octanol–water partition coefficient (Wildman–Crippen LogP) is 5.00. The van der Waals surface area contributed by atoms with Gasteiger partial charge in [0.15, 0.2) is 0 Å². The first-order valence-corrected chi connectivity index (χ1v) is 9.19. The van der Waals surface area contributed by atoms with Crippen molar-refractivity contribution in [2.24, 2.45) is 11.8 Å². The van der Waals surface area contributed by atoms with Gasteiger partial charge in [0.1, 0.15) is 0 Å². The molecule has 0 N–H and O–H groups in total. The molecule has 3 rings (SSSR count). The van der Waals surface area contributed by atoms with E-state index in [4.69, 9.17) is 0 Å². The predicted molar refractivity (Wildman–Crippen MR) is 82.4 cm³/mol. The molecule has 2 saturated carbocycles. The third-order valence-electron chi connectivity index (χ3n) is 6.08. The molecule has 3 fully saturated rings. The topological polar surface area (TPSA) is 3.24 Å². The maximum absolute atomic E-state index is 2.94. The Bertz CT molecular complexity index is 202. The highest BCUT2D eigenvalue weighted by Gasteiger charge is 2.35. The fourth-order valence-corrected chi connectivity index (χ4v) is 5.15. The van der Waals surface area contributed by atoms with Crippen LogP contribution >= 0.6 is 0 Å². The summed E-state index contributed by atoms with van der Waals surface area (Å²) in [6, 6.07) is 0.973. The average molecular weight is 263 g/mol. The summed E-state index contributed by atoms with van der Waals surface area (Å²) in [5, 5.41) is 0. The molecule has 0 bridgehead atoms. The van der Waals surface area contributed by atoms with Crippen LogP contribution in [0.2, 0.25) is 0 Å². The fourth-order valence-electron chi connectivity index (χ4n) is 5.15. The van der Waals surface area contributed by atoms with Gasteiger partial charge in [-0.1, -0.05) is 44.9 Å². The van der Waals surface area contributed by atoms with Gasteiger partial charge in [-0.05, 0) is 63.5 Å². The molecule has 1 saturated heterocycles. The minimum absolute atomic E-state index is 0.973. The molecule has 0 aromatic carbocycles. The highest BCUT2D eigenvalue weighted by Crippen LogP contribution is 2.39. The van der Waals surface area contributed by atoms with Crippen LogP contribution in [0.15, 0.2) is 0 Å². The van der Waals surface area contributed by atoms with Gasteiger partial charge in [-0.2, -0.15) is 0 Å². The third-order valence-corrected chi connectivity index (χ3v) is 6.08. The monoisotopic (exact) mass is 263 g/mol. The summed E-state index contributed by atoms with van der Waals surface area (Å²) in [7, 11) is 0. The second-order valence-corrected chi connectivity index (χ2v) is 7.38. The lowest BCUT2D eigenvalue weighted by molar-refractivity contribution is 0.0404. The molecule has 3 aliphatic rings. The van der Waals surface area contributed by atoms with Gasteiger partial charge in [0.05, 0.1) is 0 Å². The van der Waals surface area contributed by atoms with Gasteiger partial charge in [0, 0.05) is 6.04 Å². The molecule has 110 valence electrons. The lowest BCUT2D eigenvalue weighted by atomic mass is 9.72. The number of rotatable bonds is 3. The lowest BCUT2D eigenvalue weighted by Crippen LogP contribution is -2.49. The first-order chi connectivity index (χ1) is 9.45. The average Bonchev–Trinajstić information content (AvgIpc) is 2.51. The number of piperidine rings is 1. The van der Waals surface area contributed by atoms with E-state index in [1.54, 1.807) is 0 Å². The number of hydrogen-bond acceptors (Lipinski definition) is 1. The summed E-state index contributed by atoms with van der Waals surface area (Å²) in [5.74, 6) is 2.10. The number of nitrogens with zero attached hydrogens (tertiary/aromatic N) is 1. The second-order valence-electron chi connectivity index (χ2n) is 7.38. The van der Waals surface area contributed by atoms with E-state index >= 15 is 0 Å². The minimum atomic E-state index is 0.973. The van der Waals surface area contributed by atoms with Crippen molar-refractivity contribution in [1.82, 2.24) is 4.90 Å². The van der Waals surface area contributed by atoms with Gasteiger partial charge in [-0.25, -0.2) is 0 Å². The summed E-state index contributed by atoms with van der Waals surface area (Å²) >= 11 is 0. The van der Waals surface area contributed by atoms with Gasteiger partial charge < -0.3 is 0 Å². The Morgan fingerprint density at radius 2 is 0.947 bits per heavy atom. The van der Waals surface area contributed by atoms with Crippen LogP contribution in [0.25, 0.3) is 0 Å². The first-order valence-electron chi connectivity index (χ1n) is 9.19. The van der Waals surface area contributed by atoms with Crippen molar-refractivity contribution in [1.29, 1.82) is 0 Å². The fraction of sp³-hybridized carbons (Fsp3) is 1.00. The molecule has 0 unspecified atom stereocenters. The Morgan fingerprint density at radius 3 is 1.42 bits per heavy atom. The maximum Gasteiger partial charge on any atom is 0.0152 e. The van der Waals surface area contributed by atoms with Crippen LogP contribution in [0.1, 0.15) is 83.5 Å². The molecule has 0 atom stereocenters. The van der Waals surface area contributed by atoms with Crippen molar-refractivity contribution in [3.05, 3.63) is 0 Å². The Balaban J connectivity index is 1.68. The number of hydrogen-bond donors (Lipinski definition) is 0. The van der Waals surface area contributed by atoms with E-state index in [0.717, 1.165) is 17.9 Å². The Hall–Kier alpha value is -0.0400. The molecular formula is C18H33N. The van der Waals surface area contributed by atoms with Crippen molar-refractivity contribution in [2.45, 2.75) is 89.5 Å². The lowest BCUT2D eigenvalue weighted by Gasteiger charge is -2.46. The van der Waals surface area contributed by atoms with Crippen LogP contribution in [-0.2, 0) is 0 Å². The largest absolute Gasteiger partial charge is 0.300 e. The van der Waals surface area contributed by atoms with E-state index in [2.05, 4.69) is 4.90 Å². The van der Waals surface area contributed by atoms with E-state index in [-0.39, 0.29) is 0 Å². The van der Waals surface area contributed by atoms with E-state index < -0.39 is 0 Å². The standard InChI is InChI=1S/C18H33N/c1-4-10-16(11-5-1)18(17-12-6-2-7-13-17)19-14-8-3-9-15-19/h16-18H,1-15H2. The van der Waals surface area contributed by atoms with E-state index in [9.17, 15) is 0 Å². The summed E-state index contributed by atoms with van der Waals surface area (Å²) in [6.45, 7) is 2.83. The summed E-state index contributed by atoms with van der Waals surface area (Å²) in [6.07, 6.45) is 19.7. The van der Waals surface area contributed by atoms with Gasteiger partial charge >= 0.3 is 0 Å². The molecule has 0 aromatic heterocycles. The molecule has 0 amide bonds.